The van der Waals surface area contributed by atoms with E-state index in [2.05, 4.69) is 0 Å². The Hall–Kier alpha value is -4.75. The van der Waals surface area contributed by atoms with Crippen LogP contribution in [0.1, 0.15) is 26.2 Å². The van der Waals surface area contributed by atoms with Gasteiger partial charge in [0.25, 0.3) is 0 Å². The minimum absolute atomic E-state index is 0.0141. The molecular weight excluding hydrogens is 657 g/mol. The van der Waals surface area contributed by atoms with Gasteiger partial charge in [-0.2, -0.15) is 0 Å². The van der Waals surface area contributed by atoms with E-state index in [4.69, 9.17) is 0 Å². The highest BCUT2D eigenvalue weighted by atomic mass is 32.2. The van der Waals surface area contributed by atoms with Gasteiger partial charge in [0.1, 0.15) is 17.3 Å². The number of thioether (sulfide) groups is 2. The molecule has 252 valence electrons. The summed E-state index contributed by atoms with van der Waals surface area (Å²) in [6.45, 7) is 1.73. The highest BCUT2D eigenvalue weighted by molar-refractivity contribution is 7.99. The second-order valence-electron chi connectivity index (χ2n) is 12.6. The minimum Gasteiger partial charge on any atom is -0.507 e. The quantitative estimate of drug-likeness (QED) is 0.0984. The van der Waals surface area contributed by atoms with Crippen LogP contribution in [0.15, 0.2) is 155 Å². The lowest BCUT2D eigenvalue weighted by molar-refractivity contribution is -0.123. The molecule has 0 fully saturated rings. The first-order valence-electron chi connectivity index (χ1n) is 16.7. The largest absolute Gasteiger partial charge is 0.507 e. The number of ketones is 1. The topological polar surface area (TPSA) is 77.8 Å². The molecule has 1 atom stereocenters. The SMILES string of the molecule is CC(O)(CCSc1cc(-c2ccccc2)c(O)c(-c2ccccc2)c1)CC(=O)CCSc1cc(-c2ccccc2)c(O)c(-c2ccccc2)c1. The Morgan fingerprint density at radius 3 is 1.20 bits per heavy atom. The molecule has 50 heavy (non-hydrogen) atoms. The maximum Gasteiger partial charge on any atom is 0.136 e. The first-order chi connectivity index (χ1) is 24.3. The molecule has 6 aromatic carbocycles. The third kappa shape index (κ3) is 8.88. The summed E-state index contributed by atoms with van der Waals surface area (Å²) >= 11 is 3.19. The summed E-state index contributed by atoms with van der Waals surface area (Å²) in [5.74, 6) is 1.66. The maximum absolute atomic E-state index is 13.1. The zero-order valence-corrected chi connectivity index (χ0v) is 29.6. The molecule has 6 heteroatoms. The molecule has 0 heterocycles. The van der Waals surface area contributed by atoms with Crippen LogP contribution < -0.4 is 0 Å². The first-order valence-corrected chi connectivity index (χ1v) is 18.7. The van der Waals surface area contributed by atoms with Gasteiger partial charge in [-0.25, -0.2) is 0 Å². The molecule has 1 unspecified atom stereocenters. The molecule has 3 N–H and O–H groups in total. The van der Waals surface area contributed by atoms with E-state index in [9.17, 15) is 20.1 Å². The normalized spacial score (nSPS) is 12.4. The van der Waals surface area contributed by atoms with E-state index in [-0.39, 0.29) is 23.7 Å². The fourth-order valence-corrected chi connectivity index (χ4v) is 8.15. The maximum atomic E-state index is 13.1. The number of rotatable bonds is 14. The van der Waals surface area contributed by atoms with Gasteiger partial charge in [0, 0.05) is 56.4 Å². The van der Waals surface area contributed by atoms with Crippen molar-refractivity contribution < 1.29 is 20.1 Å². The van der Waals surface area contributed by atoms with Crippen molar-refractivity contribution in [2.45, 2.75) is 41.6 Å². The van der Waals surface area contributed by atoms with Crippen LogP contribution in [0, 0.1) is 0 Å². The average molecular weight is 697 g/mol. The molecule has 0 spiro atoms. The third-order valence-electron chi connectivity index (χ3n) is 8.64. The van der Waals surface area contributed by atoms with Crippen LogP contribution in [0.4, 0.5) is 0 Å². The lowest BCUT2D eigenvalue weighted by atomic mass is 9.95. The van der Waals surface area contributed by atoms with Crippen molar-refractivity contribution in [3.05, 3.63) is 146 Å². The molecule has 0 aromatic heterocycles. The van der Waals surface area contributed by atoms with Gasteiger partial charge in [-0.05, 0) is 59.9 Å². The number of carbonyl (C=O) groups is 1. The predicted molar refractivity (Wildman–Crippen MR) is 209 cm³/mol. The predicted octanol–water partition coefficient (Wildman–Crippen LogP) is 11.1. The van der Waals surface area contributed by atoms with Crippen molar-refractivity contribution in [1.82, 2.24) is 0 Å². The van der Waals surface area contributed by atoms with Crippen LogP contribution in [0.5, 0.6) is 11.5 Å². The summed E-state index contributed by atoms with van der Waals surface area (Å²) in [6, 6.07) is 47.3. The zero-order chi connectivity index (χ0) is 34.9. The summed E-state index contributed by atoms with van der Waals surface area (Å²) in [7, 11) is 0. The smallest absolute Gasteiger partial charge is 0.136 e. The number of benzene rings is 6. The van der Waals surface area contributed by atoms with E-state index in [1.54, 1.807) is 30.4 Å². The Bertz CT molecular complexity index is 1910. The van der Waals surface area contributed by atoms with E-state index < -0.39 is 5.60 Å². The molecule has 0 bridgehead atoms. The van der Waals surface area contributed by atoms with Gasteiger partial charge in [0.2, 0.25) is 0 Å². The van der Waals surface area contributed by atoms with E-state index in [1.165, 1.54) is 0 Å². The molecule has 4 nitrogen and oxygen atoms in total. The van der Waals surface area contributed by atoms with Gasteiger partial charge in [-0.15, -0.1) is 23.5 Å². The van der Waals surface area contributed by atoms with Crippen LogP contribution in [0.25, 0.3) is 44.5 Å². The zero-order valence-electron chi connectivity index (χ0n) is 28.0. The van der Waals surface area contributed by atoms with Crippen molar-refractivity contribution in [2.24, 2.45) is 0 Å². The molecule has 0 amide bonds. The van der Waals surface area contributed by atoms with E-state index >= 15 is 0 Å². The van der Waals surface area contributed by atoms with Gasteiger partial charge in [0.05, 0.1) is 5.60 Å². The number of aromatic hydroxyl groups is 2. The summed E-state index contributed by atoms with van der Waals surface area (Å²) < 4.78 is 0. The van der Waals surface area contributed by atoms with E-state index in [0.717, 1.165) is 54.3 Å². The number of phenols is 2. The minimum atomic E-state index is -1.14. The van der Waals surface area contributed by atoms with Crippen molar-refractivity contribution in [2.75, 3.05) is 11.5 Å². The lowest BCUT2D eigenvalue weighted by Gasteiger charge is -2.22. The molecule has 0 radical (unpaired) electrons. The number of hydrogen-bond acceptors (Lipinski definition) is 6. The van der Waals surface area contributed by atoms with Crippen LogP contribution in [0.3, 0.4) is 0 Å². The summed E-state index contributed by atoms with van der Waals surface area (Å²) in [5, 5.41) is 33.7. The molecule has 6 rings (SSSR count). The van der Waals surface area contributed by atoms with Gasteiger partial charge in [-0.1, -0.05) is 121 Å². The number of phenolic OH excluding ortho intramolecular Hbond substituents is 2. The molecular formula is C44H40O4S2. The number of carbonyl (C=O) groups excluding carboxylic acids is 1. The molecule has 0 aliphatic carbocycles. The van der Waals surface area contributed by atoms with E-state index in [0.29, 0.717) is 24.3 Å². The fraction of sp³-hybridized carbons (Fsp3) is 0.159. The van der Waals surface area contributed by atoms with Gasteiger partial charge in [0.15, 0.2) is 0 Å². The van der Waals surface area contributed by atoms with Crippen molar-refractivity contribution in [3.63, 3.8) is 0 Å². The third-order valence-corrected chi connectivity index (χ3v) is 10.6. The van der Waals surface area contributed by atoms with Crippen molar-refractivity contribution in [1.29, 1.82) is 0 Å². The molecule has 0 saturated heterocycles. The van der Waals surface area contributed by atoms with Crippen LogP contribution in [-0.2, 0) is 4.79 Å². The van der Waals surface area contributed by atoms with E-state index in [1.807, 2.05) is 146 Å². The molecule has 0 aliphatic heterocycles. The number of hydrogen-bond donors (Lipinski definition) is 3. The summed E-state index contributed by atoms with van der Waals surface area (Å²) in [5.41, 5.74) is 5.59. The van der Waals surface area contributed by atoms with Crippen LogP contribution in [0.2, 0.25) is 0 Å². The number of Topliss-reactive ketones (excluding diaryl/α,β-unsaturated/α-hetero) is 1. The Labute approximate surface area is 302 Å². The highest BCUT2D eigenvalue weighted by Crippen LogP contribution is 2.43. The Morgan fingerprint density at radius 1 is 0.540 bits per heavy atom. The Kier molecular flexibility index (Phi) is 11.4. The van der Waals surface area contributed by atoms with Crippen LogP contribution >= 0.6 is 23.5 Å². The summed E-state index contributed by atoms with van der Waals surface area (Å²) in [4.78, 5) is 15.1. The Balaban J connectivity index is 1.08. The standard InChI is InChI=1S/C44H40O4S2/c1-44(48,23-25-50-37-28-40(33-18-10-4-11-19-33)43(47)41(29-37)34-20-12-5-13-21-34)30-35(45)22-24-49-36-26-38(31-14-6-2-7-15-31)42(46)39(27-36)32-16-8-3-9-17-32/h2-21,26-29,46-48H,22-25,30H2,1H3. The van der Waals surface area contributed by atoms with Gasteiger partial charge < -0.3 is 15.3 Å². The Morgan fingerprint density at radius 2 is 0.860 bits per heavy atom. The average Bonchev–Trinajstić information content (AvgIpc) is 3.14. The summed E-state index contributed by atoms with van der Waals surface area (Å²) in [6.07, 6.45) is 0.848. The van der Waals surface area contributed by atoms with Gasteiger partial charge in [-0.3, -0.25) is 4.79 Å². The fourth-order valence-electron chi connectivity index (χ4n) is 6.01. The molecule has 0 saturated carbocycles. The highest BCUT2D eigenvalue weighted by Gasteiger charge is 2.24. The van der Waals surface area contributed by atoms with Crippen LogP contribution in [-0.4, -0.2) is 38.2 Å². The molecule has 6 aromatic rings. The lowest BCUT2D eigenvalue weighted by Crippen LogP contribution is -2.28. The monoisotopic (exact) mass is 696 g/mol. The molecule has 0 aliphatic rings. The van der Waals surface area contributed by atoms with Gasteiger partial charge >= 0.3 is 0 Å². The second kappa shape index (κ2) is 16.3. The van der Waals surface area contributed by atoms with Crippen molar-refractivity contribution in [3.8, 4) is 56.0 Å². The second-order valence-corrected chi connectivity index (χ2v) is 14.9. The number of aliphatic hydroxyl groups is 1. The van der Waals surface area contributed by atoms with Crippen molar-refractivity contribution >= 4 is 29.3 Å². The first kappa shape index (κ1) is 35.1.